The first-order valence-corrected chi connectivity index (χ1v) is 13.7. The smallest absolute Gasteiger partial charge is 0.419 e. The fourth-order valence-corrected chi connectivity index (χ4v) is 4.29. The molecule has 0 saturated carbocycles. The third kappa shape index (κ3) is 9.12. The van der Waals surface area contributed by atoms with E-state index in [-0.39, 0.29) is 18.6 Å². The van der Waals surface area contributed by atoms with Gasteiger partial charge in [-0.25, -0.2) is 14.4 Å². The van der Waals surface area contributed by atoms with Crippen LogP contribution in [0.2, 0.25) is 0 Å². The van der Waals surface area contributed by atoms with Crippen molar-refractivity contribution in [3.8, 4) is 11.5 Å². The molecule has 0 aliphatic rings. The number of aromatic hydroxyl groups is 2. The number of phenolic OH excluding ortho intramolecular Hbond substituents is 2. The summed E-state index contributed by atoms with van der Waals surface area (Å²) in [4.78, 5) is 52.0. The number of nitrogens with one attached hydrogen (secondary N) is 2. The molecule has 0 fully saturated rings. The van der Waals surface area contributed by atoms with Crippen molar-refractivity contribution in [2.75, 3.05) is 7.11 Å². The number of methoxy groups -OCH3 is 1. The van der Waals surface area contributed by atoms with Crippen LogP contribution in [0.15, 0.2) is 48.7 Å². The number of nitrogens with zero attached hydrogens (tertiary/aromatic N) is 1. The Kier molecular flexibility index (Phi) is 9.95. The minimum atomic E-state index is -1.24. The second-order valence-corrected chi connectivity index (χ2v) is 12.0. The van der Waals surface area contributed by atoms with Crippen LogP contribution < -0.4 is 10.6 Å². The maximum Gasteiger partial charge on any atom is 0.419 e. The minimum Gasteiger partial charge on any atom is -0.504 e. The summed E-state index contributed by atoms with van der Waals surface area (Å²) >= 11 is 0. The molecule has 2 amide bonds. The second kappa shape index (κ2) is 13.1. The van der Waals surface area contributed by atoms with Gasteiger partial charge in [0.1, 0.15) is 23.3 Å². The number of esters is 1. The molecule has 43 heavy (non-hydrogen) atoms. The van der Waals surface area contributed by atoms with Crippen molar-refractivity contribution in [3.63, 3.8) is 0 Å². The van der Waals surface area contributed by atoms with Crippen LogP contribution in [0.1, 0.15) is 52.7 Å². The fraction of sp³-hybridized carbons (Fsp3) is 0.419. The molecule has 1 heterocycles. The van der Waals surface area contributed by atoms with Crippen molar-refractivity contribution in [2.45, 2.75) is 77.7 Å². The average molecular weight is 598 g/mol. The number of amides is 2. The Morgan fingerprint density at radius 3 is 2.09 bits per heavy atom. The number of ether oxygens (including phenoxy) is 3. The number of rotatable bonds is 8. The Hall–Kier alpha value is -4.74. The Morgan fingerprint density at radius 1 is 0.837 bits per heavy atom. The molecule has 0 saturated heterocycles. The van der Waals surface area contributed by atoms with Crippen LogP contribution >= 0.6 is 0 Å². The lowest BCUT2D eigenvalue weighted by Crippen LogP contribution is -2.53. The van der Waals surface area contributed by atoms with E-state index in [2.05, 4.69) is 10.6 Å². The van der Waals surface area contributed by atoms with Crippen molar-refractivity contribution in [1.29, 1.82) is 0 Å². The van der Waals surface area contributed by atoms with Gasteiger partial charge >= 0.3 is 18.2 Å². The highest BCUT2D eigenvalue weighted by Gasteiger charge is 2.31. The van der Waals surface area contributed by atoms with E-state index in [4.69, 9.17) is 14.2 Å². The van der Waals surface area contributed by atoms with Gasteiger partial charge in [0.25, 0.3) is 0 Å². The van der Waals surface area contributed by atoms with Crippen LogP contribution in [-0.4, -0.2) is 69.2 Å². The number of phenols is 2. The summed E-state index contributed by atoms with van der Waals surface area (Å²) in [5.74, 6) is -2.23. The summed E-state index contributed by atoms with van der Waals surface area (Å²) in [5, 5.41) is 25.4. The van der Waals surface area contributed by atoms with Gasteiger partial charge in [0.15, 0.2) is 11.5 Å². The van der Waals surface area contributed by atoms with Gasteiger partial charge in [-0.3, -0.25) is 9.36 Å². The van der Waals surface area contributed by atoms with Gasteiger partial charge in [0.05, 0.1) is 12.6 Å². The van der Waals surface area contributed by atoms with Crippen LogP contribution in [-0.2, 0) is 36.6 Å². The lowest BCUT2D eigenvalue weighted by molar-refractivity contribution is -0.145. The third-order valence-electron chi connectivity index (χ3n) is 6.10. The predicted molar refractivity (Wildman–Crippen MR) is 158 cm³/mol. The molecule has 12 nitrogen and oxygen atoms in total. The summed E-state index contributed by atoms with van der Waals surface area (Å²) in [6.07, 6.45) is -0.0761. The summed E-state index contributed by atoms with van der Waals surface area (Å²) in [6.45, 7) is 10.3. The van der Waals surface area contributed by atoms with Crippen molar-refractivity contribution in [3.05, 3.63) is 59.8 Å². The average Bonchev–Trinajstić information content (AvgIpc) is 3.26. The molecular formula is C31H39N3O9. The van der Waals surface area contributed by atoms with Gasteiger partial charge in [0.2, 0.25) is 5.91 Å². The van der Waals surface area contributed by atoms with Gasteiger partial charge in [-0.15, -0.1) is 0 Å². The number of hydrogen-bond acceptors (Lipinski definition) is 9. The number of aromatic nitrogens is 1. The molecule has 2 aromatic carbocycles. The second-order valence-electron chi connectivity index (χ2n) is 12.0. The minimum absolute atomic E-state index is 0.0477. The van der Waals surface area contributed by atoms with Crippen LogP contribution in [0.3, 0.4) is 0 Å². The van der Waals surface area contributed by atoms with Crippen LogP contribution in [0, 0.1) is 0 Å². The topological polar surface area (TPSA) is 165 Å². The predicted octanol–water partition coefficient (Wildman–Crippen LogP) is 4.17. The Bertz CT molecular complexity index is 1500. The number of carbonyl (C=O) groups excluding carboxylic acids is 4. The van der Waals surface area contributed by atoms with E-state index in [1.54, 1.807) is 72.0 Å². The molecule has 4 N–H and O–H groups in total. The first-order valence-electron chi connectivity index (χ1n) is 13.7. The number of hydrogen-bond donors (Lipinski definition) is 4. The molecule has 0 aliphatic heterocycles. The number of para-hydroxylation sites is 1. The SMILES string of the molecule is COC(=O)[C@H](Cc1cn(C(=O)OC(C)(C)C)c2ccccc12)NC(=O)[C@H](Cc1ccc(O)c(O)c1)NC(=O)OC(C)(C)C. The third-order valence-corrected chi connectivity index (χ3v) is 6.10. The van der Waals surface area contributed by atoms with E-state index in [0.717, 1.165) is 0 Å². The highest BCUT2D eigenvalue weighted by Crippen LogP contribution is 2.26. The van der Waals surface area contributed by atoms with Gasteiger partial charge in [-0.1, -0.05) is 24.3 Å². The normalized spacial score (nSPS) is 13.1. The number of carbonyl (C=O) groups is 4. The molecule has 3 rings (SSSR count). The van der Waals surface area contributed by atoms with Crippen molar-refractivity contribution in [2.24, 2.45) is 0 Å². The molecule has 12 heteroatoms. The van der Waals surface area contributed by atoms with Crippen LogP contribution in [0.25, 0.3) is 10.9 Å². The summed E-state index contributed by atoms with van der Waals surface area (Å²) < 4.78 is 17.2. The first kappa shape index (κ1) is 32.8. The Labute approximate surface area is 249 Å². The van der Waals surface area contributed by atoms with Gasteiger partial charge in [-0.2, -0.15) is 0 Å². The van der Waals surface area contributed by atoms with Crippen molar-refractivity contribution < 1.29 is 43.6 Å². The van der Waals surface area contributed by atoms with Gasteiger partial charge in [-0.05, 0) is 70.9 Å². The fourth-order valence-electron chi connectivity index (χ4n) is 4.29. The maximum atomic E-state index is 13.6. The molecular weight excluding hydrogens is 558 g/mol. The van der Waals surface area contributed by atoms with Gasteiger partial charge < -0.3 is 35.1 Å². The molecule has 3 aromatic rings. The lowest BCUT2D eigenvalue weighted by atomic mass is 10.0. The quantitative estimate of drug-likeness (QED) is 0.169. The standard InChI is InChI=1S/C31H39N3O9/c1-30(2,3)42-28(39)33-21(14-18-12-13-24(35)25(36)15-18)26(37)32-22(27(38)41-7)16-19-17-34(29(40)43-31(4,5)6)23-11-9-8-10-20(19)23/h8-13,15,17,21-22,35-36H,14,16H2,1-7H3,(H,32,37)(H,33,39)/t21-,22-/m0/s1. The lowest BCUT2D eigenvalue weighted by Gasteiger charge is -2.25. The van der Waals surface area contributed by atoms with E-state index in [0.29, 0.717) is 22.0 Å². The molecule has 1 aromatic heterocycles. The highest BCUT2D eigenvalue weighted by atomic mass is 16.6. The maximum absolute atomic E-state index is 13.6. The van der Waals surface area contributed by atoms with Gasteiger partial charge in [0, 0.05) is 24.4 Å². The molecule has 2 atom stereocenters. The molecule has 0 radical (unpaired) electrons. The Morgan fingerprint density at radius 2 is 1.49 bits per heavy atom. The highest BCUT2D eigenvalue weighted by molar-refractivity contribution is 5.94. The number of benzene rings is 2. The summed E-state index contributed by atoms with van der Waals surface area (Å²) in [5.41, 5.74) is -0.0499. The molecule has 0 unspecified atom stereocenters. The van der Waals surface area contributed by atoms with E-state index >= 15 is 0 Å². The molecule has 232 valence electrons. The van der Waals surface area contributed by atoms with E-state index in [1.807, 2.05) is 0 Å². The molecule has 0 spiro atoms. The summed E-state index contributed by atoms with van der Waals surface area (Å²) in [7, 11) is 1.18. The molecule has 0 aliphatic carbocycles. The zero-order chi connectivity index (χ0) is 32.1. The number of fused-ring (bicyclic) bond motifs is 1. The van der Waals surface area contributed by atoms with Crippen molar-refractivity contribution >= 4 is 35.0 Å². The zero-order valence-corrected chi connectivity index (χ0v) is 25.4. The monoisotopic (exact) mass is 597 g/mol. The van der Waals surface area contributed by atoms with Crippen molar-refractivity contribution in [1.82, 2.24) is 15.2 Å². The van der Waals surface area contributed by atoms with Crippen LogP contribution in [0.4, 0.5) is 9.59 Å². The van der Waals surface area contributed by atoms with E-state index in [9.17, 15) is 29.4 Å². The summed E-state index contributed by atoms with van der Waals surface area (Å²) in [6, 6.07) is 8.62. The van der Waals surface area contributed by atoms with E-state index < -0.39 is 53.1 Å². The zero-order valence-electron chi connectivity index (χ0n) is 25.4. The largest absolute Gasteiger partial charge is 0.504 e. The Balaban J connectivity index is 1.92. The van der Waals surface area contributed by atoms with Crippen LogP contribution in [0.5, 0.6) is 11.5 Å². The number of alkyl carbamates (subject to hydrolysis) is 1. The first-order chi connectivity index (χ1) is 20.0. The van der Waals surface area contributed by atoms with E-state index in [1.165, 1.54) is 29.9 Å². The molecule has 0 bridgehead atoms.